The molecule has 2 N–H and O–H groups in total. The Morgan fingerprint density at radius 3 is 2.67 bits per heavy atom. The summed E-state index contributed by atoms with van der Waals surface area (Å²) >= 11 is 0. The van der Waals surface area contributed by atoms with Gasteiger partial charge in [0.15, 0.2) is 0 Å². The second-order valence-electron chi connectivity index (χ2n) is 4.79. The fourth-order valence-electron chi connectivity index (χ4n) is 1.92. The van der Waals surface area contributed by atoms with Crippen LogP contribution in [-0.4, -0.2) is 9.97 Å². The first-order valence-corrected chi connectivity index (χ1v) is 6.24. The molecule has 0 atom stereocenters. The summed E-state index contributed by atoms with van der Waals surface area (Å²) in [6.45, 7) is 6.86. The minimum Gasteiger partial charge on any atom is -0.324 e. The van der Waals surface area contributed by atoms with Crippen molar-refractivity contribution in [3.8, 4) is 11.3 Å². The Morgan fingerprint density at radius 2 is 2.00 bits per heavy atom. The molecule has 94 valence electrons. The van der Waals surface area contributed by atoms with Gasteiger partial charge in [-0.3, -0.25) is 0 Å². The molecular formula is C15H19N3. The number of rotatable bonds is 3. The summed E-state index contributed by atoms with van der Waals surface area (Å²) in [4.78, 5) is 8.62. The summed E-state index contributed by atoms with van der Waals surface area (Å²) in [5, 5.41) is 0. The highest BCUT2D eigenvalue weighted by molar-refractivity contribution is 5.64. The van der Waals surface area contributed by atoms with Gasteiger partial charge in [-0.25, -0.2) is 9.97 Å². The van der Waals surface area contributed by atoms with E-state index in [0.29, 0.717) is 18.3 Å². The molecular weight excluding hydrogens is 222 g/mol. The lowest BCUT2D eigenvalue weighted by atomic mass is 9.96. The van der Waals surface area contributed by atoms with Crippen LogP contribution in [0.5, 0.6) is 0 Å². The fourth-order valence-corrected chi connectivity index (χ4v) is 1.92. The Bertz CT molecular complexity index is 547. The lowest BCUT2D eigenvalue weighted by Gasteiger charge is -2.11. The van der Waals surface area contributed by atoms with Crippen LogP contribution < -0.4 is 5.73 Å². The lowest BCUT2D eigenvalue weighted by molar-refractivity contribution is 0.865. The van der Waals surface area contributed by atoms with E-state index in [4.69, 9.17) is 5.73 Å². The number of nitrogens with two attached hydrogens (primary N) is 1. The Morgan fingerprint density at radius 1 is 1.22 bits per heavy atom. The van der Waals surface area contributed by atoms with Crippen molar-refractivity contribution in [1.29, 1.82) is 0 Å². The number of aryl methyl sites for hydroxylation is 1. The van der Waals surface area contributed by atoms with Crippen LogP contribution in [0, 0.1) is 6.92 Å². The van der Waals surface area contributed by atoms with Crippen molar-refractivity contribution in [2.24, 2.45) is 5.73 Å². The van der Waals surface area contributed by atoms with Crippen molar-refractivity contribution >= 4 is 0 Å². The van der Waals surface area contributed by atoms with Crippen LogP contribution in [0.1, 0.15) is 36.7 Å². The lowest BCUT2D eigenvalue weighted by Crippen LogP contribution is -2.03. The van der Waals surface area contributed by atoms with Gasteiger partial charge in [0.25, 0.3) is 0 Å². The molecule has 0 aliphatic carbocycles. The number of aromatic nitrogens is 2. The molecule has 0 saturated heterocycles. The van der Waals surface area contributed by atoms with Crippen molar-refractivity contribution in [2.75, 3.05) is 0 Å². The summed E-state index contributed by atoms with van der Waals surface area (Å²) in [7, 11) is 0. The minimum atomic E-state index is 0.372. The fraction of sp³-hybridized carbons (Fsp3) is 0.333. The van der Waals surface area contributed by atoms with E-state index in [-0.39, 0.29) is 0 Å². The normalized spacial score (nSPS) is 10.9. The predicted octanol–water partition coefficient (Wildman–Crippen LogP) is 3.03. The zero-order valence-electron chi connectivity index (χ0n) is 11.1. The molecule has 0 spiro atoms. The molecule has 0 aliphatic heterocycles. The average Bonchev–Trinajstić information content (AvgIpc) is 2.39. The van der Waals surface area contributed by atoms with Gasteiger partial charge in [-0.1, -0.05) is 26.0 Å². The van der Waals surface area contributed by atoms with E-state index < -0.39 is 0 Å². The largest absolute Gasteiger partial charge is 0.324 e. The number of nitrogens with zero attached hydrogens (tertiary/aromatic N) is 2. The molecule has 0 bridgehead atoms. The van der Waals surface area contributed by atoms with E-state index in [1.807, 2.05) is 6.07 Å². The van der Waals surface area contributed by atoms with Gasteiger partial charge in [0, 0.05) is 11.8 Å². The Labute approximate surface area is 108 Å². The molecule has 2 rings (SSSR count). The minimum absolute atomic E-state index is 0.372. The van der Waals surface area contributed by atoms with E-state index in [2.05, 4.69) is 48.9 Å². The standard InChI is InChI=1S/C15H19N3/c1-10(2)12-5-4-11(3)13(8-12)14-6-7-17-15(9-16)18-14/h4-8,10H,9,16H2,1-3H3. The summed E-state index contributed by atoms with van der Waals surface area (Å²) in [5.41, 5.74) is 10.2. The average molecular weight is 241 g/mol. The van der Waals surface area contributed by atoms with Gasteiger partial charge in [0.05, 0.1) is 12.2 Å². The quantitative estimate of drug-likeness (QED) is 0.898. The second kappa shape index (κ2) is 5.27. The zero-order chi connectivity index (χ0) is 13.1. The molecule has 0 radical (unpaired) electrons. The number of benzene rings is 1. The molecule has 3 heteroatoms. The molecule has 18 heavy (non-hydrogen) atoms. The maximum Gasteiger partial charge on any atom is 0.142 e. The van der Waals surface area contributed by atoms with Crippen molar-refractivity contribution in [3.05, 3.63) is 47.4 Å². The van der Waals surface area contributed by atoms with Crippen LogP contribution in [0.4, 0.5) is 0 Å². The Hall–Kier alpha value is -1.74. The van der Waals surface area contributed by atoms with Crippen LogP contribution in [0.25, 0.3) is 11.3 Å². The maximum absolute atomic E-state index is 5.59. The van der Waals surface area contributed by atoms with Crippen LogP contribution in [-0.2, 0) is 6.54 Å². The van der Waals surface area contributed by atoms with Gasteiger partial charge in [0.2, 0.25) is 0 Å². The zero-order valence-corrected chi connectivity index (χ0v) is 11.1. The molecule has 0 unspecified atom stereocenters. The van der Waals surface area contributed by atoms with E-state index in [0.717, 1.165) is 5.69 Å². The third kappa shape index (κ3) is 2.57. The molecule has 0 aliphatic rings. The molecule has 0 saturated carbocycles. The van der Waals surface area contributed by atoms with Crippen molar-refractivity contribution < 1.29 is 0 Å². The summed E-state index contributed by atoms with van der Waals surface area (Å²) in [5.74, 6) is 1.20. The first-order chi connectivity index (χ1) is 8.61. The van der Waals surface area contributed by atoms with Crippen molar-refractivity contribution in [3.63, 3.8) is 0 Å². The third-order valence-corrected chi connectivity index (χ3v) is 3.09. The van der Waals surface area contributed by atoms with Gasteiger partial charge in [-0.15, -0.1) is 0 Å². The second-order valence-corrected chi connectivity index (χ2v) is 4.79. The molecule has 3 nitrogen and oxygen atoms in total. The number of hydrogen-bond acceptors (Lipinski definition) is 3. The van der Waals surface area contributed by atoms with E-state index in [9.17, 15) is 0 Å². The van der Waals surface area contributed by atoms with Crippen LogP contribution in [0.3, 0.4) is 0 Å². The summed E-state index contributed by atoms with van der Waals surface area (Å²) in [6.07, 6.45) is 1.77. The molecule has 0 amide bonds. The molecule has 2 aromatic rings. The van der Waals surface area contributed by atoms with Crippen LogP contribution >= 0.6 is 0 Å². The number of hydrogen-bond donors (Lipinski definition) is 1. The smallest absolute Gasteiger partial charge is 0.142 e. The van der Waals surface area contributed by atoms with Crippen LogP contribution in [0.15, 0.2) is 30.5 Å². The third-order valence-electron chi connectivity index (χ3n) is 3.09. The highest BCUT2D eigenvalue weighted by Crippen LogP contribution is 2.25. The first kappa shape index (κ1) is 12.7. The predicted molar refractivity (Wildman–Crippen MR) is 74.2 cm³/mol. The van der Waals surface area contributed by atoms with Gasteiger partial charge in [-0.05, 0) is 36.1 Å². The van der Waals surface area contributed by atoms with Crippen molar-refractivity contribution in [2.45, 2.75) is 33.2 Å². The summed E-state index contributed by atoms with van der Waals surface area (Å²) in [6, 6.07) is 8.47. The molecule has 1 heterocycles. The SMILES string of the molecule is Cc1ccc(C(C)C)cc1-c1ccnc(CN)n1. The maximum atomic E-state index is 5.59. The highest BCUT2D eigenvalue weighted by atomic mass is 14.9. The van der Waals surface area contributed by atoms with Gasteiger partial charge < -0.3 is 5.73 Å². The van der Waals surface area contributed by atoms with Crippen LogP contribution in [0.2, 0.25) is 0 Å². The van der Waals surface area contributed by atoms with E-state index in [1.54, 1.807) is 6.20 Å². The van der Waals surface area contributed by atoms with Gasteiger partial charge in [0.1, 0.15) is 5.82 Å². The van der Waals surface area contributed by atoms with E-state index >= 15 is 0 Å². The summed E-state index contributed by atoms with van der Waals surface area (Å²) < 4.78 is 0. The topological polar surface area (TPSA) is 51.8 Å². The first-order valence-electron chi connectivity index (χ1n) is 6.24. The Kier molecular flexibility index (Phi) is 3.72. The monoisotopic (exact) mass is 241 g/mol. The Balaban J connectivity index is 2.51. The molecule has 1 aromatic heterocycles. The van der Waals surface area contributed by atoms with Gasteiger partial charge in [-0.2, -0.15) is 0 Å². The molecule has 1 aromatic carbocycles. The van der Waals surface area contributed by atoms with E-state index in [1.165, 1.54) is 16.7 Å². The molecule has 0 fully saturated rings. The van der Waals surface area contributed by atoms with Gasteiger partial charge >= 0.3 is 0 Å². The highest BCUT2D eigenvalue weighted by Gasteiger charge is 2.07. The van der Waals surface area contributed by atoms with Crippen molar-refractivity contribution in [1.82, 2.24) is 9.97 Å².